The third kappa shape index (κ3) is 3.60. The average Bonchev–Trinajstić information content (AvgIpc) is 2.94. The number of amides is 1. The number of aromatic nitrogens is 4. The van der Waals surface area contributed by atoms with Crippen molar-refractivity contribution in [3.63, 3.8) is 0 Å². The SMILES string of the molecule is O=C1CCNC(SCc2nnnn2-c2ccc(Br)cc2)N1. The van der Waals surface area contributed by atoms with E-state index in [1.165, 1.54) is 0 Å². The van der Waals surface area contributed by atoms with Crippen molar-refractivity contribution in [3.05, 3.63) is 34.6 Å². The van der Waals surface area contributed by atoms with Gasteiger partial charge in [0, 0.05) is 17.4 Å². The summed E-state index contributed by atoms with van der Waals surface area (Å²) in [5.41, 5.74) is 0.806. The minimum absolute atomic E-state index is 0.0683. The Balaban J connectivity index is 1.68. The largest absolute Gasteiger partial charge is 0.332 e. The maximum atomic E-state index is 11.3. The Hall–Kier alpha value is -1.45. The highest BCUT2D eigenvalue weighted by atomic mass is 79.9. The van der Waals surface area contributed by atoms with Crippen molar-refractivity contribution in [2.45, 2.75) is 17.7 Å². The molecule has 7 nitrogen and oxygen atoms in total. The topological polar surface area (TPSA) is 84.7 Å². The molecule has 9 heteroatoms. The molecule has 1 unspecified atom stereocenters. The lowest BCUT2D eigenvalue weighted by atomic mass is 10.3. The number of carbonyl (C=O) groups excluding carboxylic acids is 1. The number of hydrogen-bond acceptors (Lipinski definition) is 6. The predicted octanol–water partition coefficient (Wildman–Crippen LogP) is 1.05. The van der Waals surface area contributed by atoms with Crippen LogP contribution in [0.1, 0.15) is 12.2 Å². The second-order valence-corrected chi connectivity index (χ2v) is 6.46. The Bertz CT molecular complexity index is 631. The molecule has 1 aromatic heterocycles. The maximum Gasteiger partial charge on any atom is 0.223 e. The first-order valence-electron chi connectivity index (χ1n) is 6.40. The molecular weight excluding hydrogens is 356 g/mol. The van der Waals surface area contributed by atoms with Crippen LogP contribution < -0.4 is 10.6 Å². The van der Waals surface area contributed by atoms with Crippen LogP contribution in [0.4, 0.5) is 0 Å². The standard InChI is InChI=1S/C12H13BrN6OS/c13-8-1-3-9(4-2-8)19-10(16-17-18-19)7-21-12-14-6-5-11(20)15-12/h1-4,12,14H,5-7H2,(H,15,20). The molecule has 1 aliphatic heterocycles. The van der Waals surface area contributed by atoms with Crippen LogP contribution in [0.25, 0.3) is 5.69 Å². The van der Waals surface area contributed by atoms with Crippen molar-refractivity contribution in [2.75, 3.05) is 6.54 Å². The number of nitrogens with zero attached hydrogens (tertiary/aromatic N) is 4. The molecule has 1 atom stereocenters. The van der Waals surface area contributed by atoms with E-state index in [4.69, 9.17) is 0 Å². The summed E-state index contributed by atoms with van der Waals surface area (Å²) in [6, 6.07) is 7.76. The van der Waals surface area contributed by atoms with Gasteiger partial charge in [0.05, 0.1) is 11.4 Å². The highest BCUT2D eigenvalue weighted by molar-refractivity contribution is 9.10. The fourth-order valence-corrected chi connectivity index (χ4v) is 3.13. The van der Waals surface area contributed by atoms with Crippen LogP contribution in [0, 0.1) is 0 Å². The zero-order valence-corrected chi connectivity index (χ0v) is 13.4. The Morgan fingerprint density at radius 1 is 1.38 bits per heavy atom. The molecule has 0 bridgehead atoms. The minimum Gasteiger partial charge on any atom is -0.332 e. The second kappa shape index (κ2) is 6.54. The summed E-state index contributed by atoms with van der Waals surface area (Å²) in [6.45, 7) is 0.696. The van der Waals surface area contributed by atoms with Crippen molar-refractivity contribution in [2.24, 2.45) is 0 Å². The van der Waals surface area contributed by atoms with E-state index in [2.05, 4.69) is 42.1 Å². The monoisotopic (exact) mass is 368 g/mol. The van der Waals surface area contributed by atoms with E-state index in [-0.39, 0.29) is 11.4 Å². The van der Waals surface area contributed by atoms with Crippen LogP contribution in [-0.4, -0.2) is 38.2 Å². The van der Waals surface area contributed by atoms with Gasteiger partial charge in [-0.05, 0) is 34.7 Å². The Morgan fingerprint density at radius 2 is 2.19 bits per heavy atom. The fourth-order valence-electron chi connectivity index (χ4n) is 1.92. The van der Waals surface area contributed by atoms with Crippen molar-refractivity contribution in [1.29, 1.82) is 0 Å². The van der Waals surface area contributed by atoms with Crippen molar-refractivity contribution in [3.8, 4) is 5.69 Å². The van der Waals surface area contributed by atoms with Crippen LogP contribution in [0.3, 0.4) is 0 Å². The first-order valence-corrected chi connectivity index (χ1v) is 8.24. The summed E-state index contributed by atoms with van der Waals surface area (Å²) >= 11 is 4.96. The van der Waals surface area contributed by atoms with Gasteiger partial charge in [0.15, 0.2) is 5.82 Å². The van der Waals surface area contributed by atoms with Gasteiger partial charge in [0.2, 0.25) is 5.91 Å². The summed E-state index contributed by atoms with van der Waals surface area (Å²) in [7, 11) is 0. The van der Waals surface area contributed by atoms with E-state index >= 15 is 0 Å². The smallest absolute Gasteiger partial charge is 0.223 e. The zero-order chi connectivity index (χ0) is 14.7. The lowest BCUT2D eigenvalue weighted by Crippen LogP contribution is -2.49. The summed E-state index contributed by atoms with van der Waals surface area (Å²) in [6.07, 6.45) is 0.522. The van der Waals surface area contributed by atoms with E-state index in [0.29, 0.717) is 18.7 Å². The number of thioether (sulfide) groups is 1. The van der Waals surface area contributed by atoms with Gasteiger partial charge < -0.3 is 5.32 Å². The molecule has 1 amide bonds. The van der Waals surface area contributed by atoms with Gasteiger partial charge in [-0.2, -0.15) is 4.68 Å². The number of tetrazole rings is 1. The summed E-state index contributed by atoms with van der Waals surface area (Å²) < 4.78 is 2.70. The predicted molar refractivity (Wildman–Crippen MR) is 82.7 cm³/mol. The van der Waals surface area contributed by atoms with Crippen molar-refractivity contribution in [1.82, 2.24) is 30.8 Å². The van der Waals surface area contributed by atoms with Gasteiger partial charge >= 0.3 is 0 Å². The zero-order valence-electron chi connectivity index (χ0n) is 11.0. The molecule has 2 heterocycles. The Kier molecular flexibility index (Phi) is 4.51. The number of rotatable bonds is 4. The molecule has 21 heavy (non-hydrogen) atoms. The van der Waals surface area contributed by atoms with Crippen LogP contribution >= 0.6 is 27.7 Å². The Morgan fingerprint density at radius 3 is 2.95 bits per heavy atom. The van der Waals surface area contributed by atoms with Gasteiger partial charge in [-0.25, -0.2) is 0 Å². The minimum atomic E-state index is -0.0960. The van der Waals surface area contributed by atoms with E-state index in [0.717, 1.165) is 16.0 Å². The van der Waals surface area contributed by atoms with E-state index < -0.39 is 0 Å². The van der Waals surface area contributed by atoms with Crippen LogP contribution in [0.2, 0.25) is 0 Å². The van der Waals surface area contributed by atoms with Gasteiger partial charge in [-0.15, -0.1) is 16.9 Å². The number of hydrogen-bond donors (Lipinski definition) is 2. The molecule has 1 aromatic carbocycles. The second-order valence-electron chi connectivity index (χ2n) is 4.45. The molecule has 110 valence electrons. The molecule has 0 radical (unpaired) electrons. The molecule has 1 saturated heterocycles. The lowest BCUT2D eigenvalue weighted by molar-refractivity contribution is -0.122. The first-order chi connectivity index (χ1) is 10.2. The maximum absolute atomic E-state index is 11.3. The molecule has 0 saturated carbocycles. The van der Waals surface area contributed by atoms with Crippen LogP contribution in [0.15, 0.2) is 28.7 Å². The molecule has 0 spiro atoms. The Labute approximate surface area is 134 Å². The number of benzene rings is 1. The molecule has 1 fully saturated rings. The summed E-state index contributed by atoms with van der Waals surface area (Å²) in [4.78, 5) is 11.3. The van der Waals surface area contributed by atoms with Crippen LogP contribution in [-0.2, 0) is 10.5 Å². The summed E-state index contributed by atoms with van der Waals surface area (Å²) in [5.74, 6) is 1.41. The number of nitrogens with one attached hydrogen (secondary N) is 2. The molecule has 0 aliphatic carbocycles. The van der Waals surface area contributed by atoms with Gasteiger partial charge in [0.1, 0.15) is 5.50 Å². The number of halogens is 1. The van der Waals surface area contributed by atoms with Crippen molar-refractivity contribution >= 4 is 33.6 Å². The summed E-state index contributed by atoms with van der Waals surface area (Å²) in [5, 5.41) is 17.9. The van der Waals surface area contributed by atoms with Gasteiger partial charge in [-0.3, -0.25) is 10.1 Å². The average molecular weight is 369 g/mol. The normalized spacial score (nSPS) is 18.5. The van der Waals surface area contributed by atoms with E-state index in [1.54, 1.807) is 16.4 Å². The van der Waals surface area contributed by atoms with Crippen molar-refractivity contribution < 1.29 is 4.79 Å². The van der Waals surface area contributed by atoms with E-state index in [9.17, 15) is 4.79 Å². The first kappa shape index (κ1) is 14.5. The molecule has 3 rings (SSSR count). The number of carbonyl (C=O) groups is 1. The fraction of sp³-hybridized carbons (Fsp3) is 0.333. The highest BCUT2D eigenvalue weighted by Gasteiger charge is 2.19. The highest BCUT2D eigenvalue weighted by Crippen LogP contribution is 2.18. The lowest BCUT2D eigenvalue weighted by Gasteiger charge is -2.23. The third-order valence-electron chi connectivity index (χ3n) is 2.96. The molecule has 2 N–H and O–H groups in total. The molecule has 1 aliphatic rings. The molecular formula is C12H13BrN6OS. The van der Waals surface area contributed by atoms with Crippen LogP contribution in [0.5, 0.6) is 0 Å². The van der Waals surface area contributed by atoms with E-state index in [1.807, 2.05) is 24.3 Å². The molecule has 2 aromatic rings. The third-order valence-corrected chi connectivity index (χ3v) is 4.53. The van der Waals surface area contributed by atoms with Gasteiger partial charge in [-0.1, -0.05) is 15.9 Å². The van der Waals surface area contributed by atoms with Gasteiger partial charge in [0.25, 0.3) is 0 Å². The quantitative estimate of drug-likeness (QED) is 0.838.